The first kappa shape index (κ1) is 29.6. The molecule has 200 valence electrons. The van der Waals surface area contributed by atoms with E-state index in [1.165, 1.54) is 36.4 Å². The minimum absolute atomic E-state index is 0.0691. The fourth-order valence-electron chi connectivity index (χ4n) is 2.72. The van der Waals surface area contributed by atoms with Crippen LogP contribution in [0.4, 0.5) is 13.2 Å². The fourth-order valence-corrected chi connectivity index (χ4v) is 5.26. The molecule has 0 aliphatic heterocycles. The van der Waals surface area contributed by atoms with Crippen LogP contribution < -0.4 is 9.47 Å². The number of amides is 1. The topological polar surface area (TPSA) is 102 Å². The van der Waals surface area contributed by atoms with Crippen LogP contribution in [0.15, 0.2) is 53.4 Å². The first-order valence-electron chi connectivity index (χ1n) is 10.9. The molecule has 2 rings (SSSR count). The molecule has 1 amide bonds. The number of sulfone groups is 1. The van der Waals surface area contributed by atoms with E-state index in [9.17, 15) is 31.6 Å². The number of nitrogens with zero attached hydrogens (tertiary/aromatic N) is 1. The number of rotatable bonds is 11. The Morgan fingerprint density at radius 3 is 1.89 bits per heavy atom. The van der Waals surface area contributed by atoms with Gasteiger partial charge < -0.3 is 13.9 Å². The summed E-state index contributed by atoms with van der Waals surface area (Å²) in [5.41, 5.74) is 0. The molecule has 2 aromatic carbocycles. The van der Waals surface area contributed by atoms with Crippen molar-refractivity contribution in [3.63, 3.8) is 0 Å². The highest BCUT2D eigenvalue weighted by molar-refractivity contribution is 7.91. The Labute approximate surface area is 209 Å². The van der Waals surface area contributed by atoms with Crippen molar-refractivity contribution >= 4 is 24.6 Å². The van der Waals surface area contributed by atoms with Gasteiger partial charge in [0.05, 0.1) is 23.3 Å². The third-order valence-electron chi connectivity index (χ3n) is 5.81. The average molecular weight is 550 g/mol. The largest absolute Gasteiger partial charge is 0.573 e. The van der Waals surface area contributed by atoms with E-state index >= 15 is 0 Å². The van der Waals surface area contributed by atoms with E-state index in [0.29, 0.717) is 5.06 Å². The molecule has 0 heterocycles. The zero-order valence-corrected chi connectivity index (χ0v) is 22.4. The van der Waals surface area contributed by atoms with Gasteiger partial charge in [0.15, 0.2) is 18.2 Å². The number of hydroxylamine groups is 2. The van der Waals surface area contributed by atoms with Gasteiger partial charge >= 0.3 is 6.36 Å². The second-order valence-corrected chi connectivity index (χ2v) is 16.4. The van der Waals surface area contributed by atoms with Gasteiger partial charge in [-0.15, -0.1) is 13.2 Å². The van der Waals surface area contributed by atoms with Crippen molar-refractivity contribution in [1.29, 1.82) is 0 Å². The summed E-state index contributed by atoms with van der Waals surface area (Å²) in [6.07, 6.45) is -4.67. The maximum Gasteiger partial charge on any atom is 0.573 e. The van der Waals surface area contributed by atoms with E-state index in [1.807, 2.05) is 33.9 Å². The van der Waals surface area contributed by atoms with E-state index in [2.05, 4.69) is 4.74 Å². The standard InChI is InChI=1S/C23H30F3NO7SSi/c1-22(2,3)36(4,5)32-14-17(27(29)16-28)15-35(30,31)21-12-10-19(11-13-21)33-18-6-8-20(9-7-18)34-23(24,25)26/h6-13,16-17,29H,14-15H2,1-5H3. The Morgan fingerprint density at radius 2 is 1.44 bits per heavy atom. The van der Waals surface area contributed by atoms with Gasteiger partial charge in [0.1, 0.15) is 17.2 Å². The number of hydrogen-bond acceptors (Lipinski definition) is 7. The fraction of sp³-hybridized carbons (Fsp3) is 0.435. The van der Waals surface area contributed by atoms with Crippen molar-refractivity contribution in [2.45, 2.75) is 56.2 Å². The van der Waals surface area contributed by atoms with Gasteiger partial charge in [-0.05, 0) is 66.7 Å². The van der Waals surface area contributed by atoms with Crippen LogP contribution in [0.2, 0.25) is 18.1 Å². The lowest BCUT2D eigenvalue weighted by atomic mass is 10.2. The molecule has 1 unspecified atom stereocenters. The summed E-state index contributed by atoms with van der Waals surface area (Å²) in [7, 11) is -6.20. The zero-order chi connectivity index (χ0) is 27.4. The highest BCUT2D eigenvalue weighted by Crippen LogP contribution is 2.36. The Balaban J connectivity index is 2.10. The Morgan fingerprint density at radius 1 is 0.972 bits per heavy atom. The highest BCUT2D eigenvalue weighted by atomic mass is 32.2. The third-order valence-corrected chi connectivity index (χ3v) is 12.1. The van der Waals surface area contributed by atoms with E-state index in [0.717, 1.165) is 12.1 Å². The summed E-state index contributed by atoms with van der Waals surface area (Å²) in [6.45, 7) is 9.81. The third kappa shape index (κ3) is 8.50. The highest BCUT2D eigenvalue weighted by Gasteiger charge is 2.38. The van der Waals surface area contributed by atoms with Crippen LogP contribution in [0.5, 0.6) is 17.2 Å². The van der Waals surface area contributed by atoms with Gasteiger partial charge in [0, 0.05) is 0 Å². The summed E-state index contributed by atoms with van der Waals surface area (Å²) in [6, 6.07) is 8.94. The van der Waals surface area contributed by atoms with Crippen LogP contribution in [-0.2, 0) is 19.1 Å². The summed E-state index contributed by atoms with van der Waals surface area (Å²) < 4.78 is 78.1. The molecule has 1 atom stereocenters. The molecule has 0 fully saturated rings. The van der Waals surface area contributed by atoms with Gasteiger partial charge in [-0.3, -0.25) is 10.0 Å². The number of ether oxygens (including phenoxy) is 2. The molecule has 0 aliphatic rings. The zero-order valence-electron chi connectivity index (χ0n) is 20.6. The van der Waals surface area contributed by atoms with Crippen LogP contribution in [0, 0.1) is 0 Å². The molecular formula is C23H30F3NO7SSi. The Hall–Kier alpha value is -2.61. The molecule has 0 spiro atoms. The predicted octanol–water partition coefficient (Wildman–Crippen LogP) is 5.39. The maximum absolute atomic E-state index is 13.0. The number of carbonyl (C=O) groups excluding carboxylic acids is 1. The van der Waals surface area contributed by atoms with Gasteiger partial charge in [0.25, 0.3) is 0 Å². The minimum atomic E-state index is -4.81. The number of carbonyl (C=O) groups is 1. The second-order valence-electron chi connectivity index (χ2n) is 9.58. The van der Waals surface area contributed by atoms with Gasteiger partial charge in [-0.1, -0.05) is 20.8 Å². The molecular weight excluding hydrogens is 519 g/mol. The van der Waals surface area contributed by atoms with Crippen molar-refractivity contribution in [2.75, 3.05) is 12.4 Å². The van der Waals surface area contributed by atoms with Crippen molar-refractivity contribution in [3.05, 3.63) is 48.5 Å². The molecule has 0 saturated carbocycles. The molecule has 2 aromatic rings. The molecule has 1 N–H and O–H groups in total. The number of hydrogen-bond donors (Lipinski definition) is 1. The van der Waals surface area contributed by atoms with E-state index < -0.39 is 42.1 Å². The second kappa shape index (κ2) is 11.2. The monoisotopic (exact) mass is 549 g/mol. The van der Waals surface area contributed by atoms with Crippen LogP contribution in [0.25, 0.3) is 0 Å². The van der Waals surface area contributed by atoms with E-state index in [-0.39, 0.29) is 34.4 Å². The van der Waals surface area contributed by atoms with Crippen molar-refractivity contribution in [1.82, 2.24) is 5.06 Å². The molecule has 0 aromatic heterocycles. The van der Waals surface area contributed by atoms with Gasteiger partial charge in [-0.2, -0.15) is 0 Å². The summed E-state index contributed by atoms with van der Waals surface area (Å²) in [5.74, 6) is -0.521. The molecule has 0 radical (unpaired) electrons. The lowest BCUT2D eigenvalue weighted by molar-refractivity contribution is -0.274. The molecule has 13 heteroatoms. The summed E-state index contributed by atoms with van der Waals surface area (Å²) >= 11 is 0. The van der Waals surface area contributed by atoms with Crippen molar-refractivity contribution < 1.29 is 45.5 Å². The number of halogens is 3. The number of alkyl halides is 3. The van der Waals surface area contributed by atoms with Gasteiger partial charge in [-0.25, -0.2) is 13.5 Å². The molecule has 0 bridgehead atoms. The van der Waals surface area contributed by atoms with Crippen LogP contribution in [0.3, 0.4) is 0 Å². The Kier molecular flexibility index (Phi) is 9.21. The maximum atomic E-state index is 13.0. The van der Waals surface area contributed by atoms with Crippen LogP contribution in [-0.4, -0.2) is 58.2 Å². The Bertz CT molecular complexity index is 1120. The van der Waals surface area contributed by atoms with Crippen molar-refractivity contribution in [2.24, 2.45) is 0 Å². The van der Waals surface area contributed by atoms with E-state index in [4.69, 9.17) is 9.16 Å². The average Bonchev–Trinajstić information content (AvgIpc) is 2.76. The SMILES string of the molecule is CC(C)(C)[Si](C)(C)OCC(CS(=O)(=O)c1ccc(Oc2ccc(OC(F)(F)F)cc2)cc1)N(O)C=O. The lowest BCUT2D eigenvalue weighted by Crippen LogP contribution is -2.47. The van der Waals surface area contributed by atoms with Crippen LogP contribution in [0.1, 0.15) is 20.8 Å². The summed E-state index contributed by atoms with van der Waals surface area (Å²) in [5, 5.41) is 10.1. The molecule has 8 nitrogen and oxygen atoms in total. The van der Waals surface area contributed by atoms with E-state index in [1.54, 1.807) is 0 Å². The first-order chi connectivity index (χ1) is 16.4. The smallest absolute Gasteiger partial charge is 0.457 e. The minimum Gasteiger partial charge on any atom is -0.457 e. The molecule has 0 saturated heterocycles. The molecule has 36 heavy (non-hydrogen) atoms. The lowest BCUT2D eigenvalue weighted by Gasteiger charge is -2.37. The quantitative estimate of drug-likeness (QED) is 0.174. The van der Waals surface area contributed by atoms with Crippen LogP contribution >= 0.6 is 0 Å². The molecule has 0 aliphatic carbocycles. The van der Waals surface area contributed by atoms with Gasteiger partial charge in [0.2, 0.25) is 6.41 Å². The predicted molar refractivity (Wildman–Crippen MR) is 128 cm³/mol. The first-order valence-corrected chi connectivity index (χ1v) is 15.4. The normalized spacial score (nSPS) is 13.7. The van der Waals surface area contributed by atoms with Crippen molar-refractivity contribution in [3.8, 4) is 17.2 Å². The number of benzene rings is 2. The summed E-state index contributed by atoms with van der Waals surface area (Å²) in [4.78, 5) is 11.1.